The number of amides is 5. The highest BCUT2D eigenvalue weighted by Gasteiger charge is 2.38. The molecule has 0 saturated carbocycles. The molecule has 18 heteroatoms. The Morgan fingerprint density at radius 3 is 2.29 bits per heavy atom. The first-order chi connectivity index (χ1) is 33.2. The second-order valence-electron chi connectivity index (χ2n) is 17.2. The van der Waals surface area contributed by atoms with Gasteiger partial charge in [0.1, 0.15) is 42.3 Å². The Labute approximate surface area is 403 Å². The van der Waals surface area contributed by atoms with E-state index in [1.54, 1.807) is 12.1 Å². The van der Waals surface area contributed by atoms with Gasteiger partial charge in [0.25, 0.3) is 27.8 Å². The molecule has 69 heavy (non-hydrogen) atoms. The number of benzene rings is 3. The van der Waals surface area contributed by atoms with Crippen LogP contribution in [0.25, 0.3) is 33.4 Å². The lowest BCUT2D eigenvalue weighted by atomic mass is 9.90. The molecule has 1 saturated heterocycles. The summed E-state index contributed by atoms with van der Waals surface area (Å²) in [6.07, 6.45) is 5.40. The Morgan fingerprint density at radius 2 is 1.59 bits per heavy atom. The molecule has 0 bridgehead atoms. The molecule has 1 aliphatic carbocycles. The van der Waals surface area contributed by atoms with E-state index in [1.807, 2.05) is 36.4 Å². The molecule has 3 N–H and O–H groups in total. The Balaban J connectivity index is 1.10. The van der Waals surface area contributed by atoms with E-state index in [9.17, 15) is 41.7 Å². The van der Waals surface area contributed by atoms with Crippen molar-refractivity contribution in [3.8, 4) is 22.5 Å². The lowest BCUT2D eigenvalue weighted by Gasteiger charge is -2.27. The molecule has 3 aliphatic heterocycles. The van der Waals surface area contributed by atoms with Crippen molar-refractivity contribution in [1.82, 2.24) is 25.0 Å². The largest absolute Gasteiger partial charge is 0.456 e. The number of carbonyl (C=O) groups is 6. The molecule has 17 nitrogen and oxygen atoms in total. The van der Waals surface area contributed by atoms with Gasteiger partial charge in [-0.3, -0.25) is 38.2 Å². The molecule has 5 amide bonds. The number of imide groups is 1. The van der Waals surface area contributed by atoms with Gasteiger partial charge in [-0.25, -0.2) is 4.58 Å². The van der Waals surface area contributed by atoms with Crippen LogP contribution in [0.1, 0.15) is 89.4 Å². The molecule has 2 atom stereocenters. The monoisotopic (exact) mass is 969 g/mol. The SMILES string of the molecule is CCN(CC)c1ccc2c(-c3ccccc3C(=O)N3CCCC3C(=O)NC(CS(=O)(=O)O)C(=O)CCCCCCC(=O)NCCOCCN3C(=O)C=CC3=O)c3ccc(=[N+](CC)CC)cc-3oc2c1. The number of hydrogen-bond donors (Lipinski definition) is 3. The molecular formula is C51H65N6O11S+. The zero-order chi connectivity index (χ0) is 49.7. The number of unbranched alkanes of at least 4 members (excludes halogenated alkanes) is 3. The van der Waals surface area contributed by atoms with E-state index >= 15 is 0 Å². The summed E-state index contributed by atoms with van der Waals surface area (Å²) in [5, 5.41) is 7.13. The van der Waals surface area contributed by atoms with E-state index in [0.717, 1.165) is 58.6 Å². The van der Waals surface area contributed by atoms with Crippen molar-refractivity contribution in [2.45, 2.75) is 91.1 Å². The van der Waals surface area contributed by atoms with E-state index in [4.69, 9.17) is 9.15 Å². The third-order valence-electron chi connectivity index (χ3n) is 12.8. The highest BCUT2D eigenvalue weighted by molar-refractivity contribution is 7.85. The van der Waals surface area contributed by atoms with E-state index in [1.165, 1.54) is 17.1 Å². The normalized spacial score (nSPS) is 15.3. The average Bonchev–Trinajstić information content (AvgIpc) is 3.96. The van der Waals surface area contributed by atoms with Gasteiger partial charge in [0.05, 0.1) is 25.8 Å². The molecule has 2 aromatic rings. The Kier molecular flexibility index (Phi) is 18.4. The van der Waals surface area contributed by atoms with Gasteiger partial charge in [-0.1, -0.05) is 31.0 Å². The van der Waals surface area contributed by atoms with Crippen molar-refractivity contribution in [1.29, 1.82) is 0 Å². The first-order valence-corrected chi connectivity index (χ1v) is 25.7. The molecule has 6 rings (SSSR count). The van der Waals surface area contributed by atoms with Gasteiger partial charge in [-0.05, 0) is 83.2 Å². The number of carbonyl (C=O) groups excluding carboxylic acids is 6. The molecule has 0 aromatic heterocycles. The number of rotatable bonds is 25. The van der Waals surface area contributed by atoms with Crippen LogP contribution in [0.3, 0.4) is 0 Å². The van der Waals surface area contributed by atoms with Crippen LogP contribution in [0, 0.1) is 0 Å². The first kappa shape index (κ1) is 52.1. The van der Waals surface area contributed by atoms with E-state index < -0.39 is 45.6 Å². The maximum absolute atomic E-state index is 14.8. The van der Waals surface area contributed by atoms with Crippen LogP contribution in [-0.2, 0) is 38.8 Å². The summed E-state index contributed by atoms with van der Waals surface area (Å²) in [5.41, 5.74) is 4.29. The number of anilines is 1. The smallest absolute Gasteiger partial charge is 0.267 e. The van der Waals surface area contributed by atoms with E-state index in [-0.39, 0.29) is 69.8 Å². The van der Waals surface area contributed by atoms with Gasteiger partial charge < -0.3 is 29.6 Å². The molecular weight excluding hydrogens is 905 g/mol. The third-order valence-corrected chi connectivity index (χ3v) is 13.5. The number of nitrogens with zero attached hydrogens (tertiary/aromatic N) is 4. The summed E-state index contributed by atoms with van der Waals surface area (Å²) in [5.74, 6) is -2.97. The number of ketones is 1. The molecule has 2 unspecified atom stereocenters. The number of nitrogens with one attached hydrogen (secondary N) is 2. The van der Waals surface area contributed by atoms with Crippen molar-refractivity contribution in [2.75, 3.05) is 69.7 Å². The number of Topliss-reactive ketones (excluding diaryl/α,β-unsaturated/α-hetero) is 1. The zero-order valence-electron chi connectivity index (χ0n) is 40.0. The summed E-state index contributed by atoms with van der Waals surface area (Å²) in [4.78, 5) is 82.5. The molecule has 0 radical (unpaired) electrons. The second kappa shape index (κ2) is 24.4. The maximum Gasteiger partial charge on any atom is 0.267 e. The fourth-order valence-corrected chi connectivity index (χ4v) is 9.81. The minimum absolute atomic E-state index is 0.0759. The predicted molar refractivity (Wildman–Crippen MR) is 263 cm³/mol. The third kappa shape index (κ3) is 13.3. The van der Waals surface area contributed by atoms with Crippen LogP contribution in [0.4, 0.5) is 5.69 Å². The minimum atomic E-state index is -4.69. The maximum atomic E-state index is 14.8. The zero-order valence-corrected chi connectivity index (χ0v) is 40.9. The van der Waals surface area contributed by atoms with Crippen molar-refractivity contribution >= 4 is 62.1 Å². The minimum Gasteiger partial charge on any atom is -0.456 e. The summed E-state index contributed by atoms with van der Waals surface area (Å²) < 4.78 is 48.4. The molecule has 370 valence electrons. The summed E-state index contributed by atoms with van der Waals surface area (Å²) >= 11 is 0. The van der Waals surface area contributed by atoms with E-state index in [2.05, 4.69) is 59.9 Å². The standard InChI is InChI=1S/C51H64N6O11S/c1-5-54(6-2)35-21-23-39-44(32-35)68-45-33-36(55(7-3)8-4)22-24-40(45)49(39)37-16-13-14-17-38(37)51(63)56-28-15-18-42(56)50(62)53-41(34-69(64,65)66)43(58)19-11-9-10-12-20-46(59)52-27-30-67-31-29-57-47(60)25-26-48(57)61/h13-14,16-17,21-26,32-33,41-42H,5-12,15,18-20,27-31,34H2,1-4H3,(H2-,52,53,59,62,64,65,66)/p+1. The summed E-state index contributed by atoms with van der Waals surface area (Å²) in [6, 6.07) is 16.9. The van der Waals surface area contributed by atoms with Crippen molar-refractivity contribution in [2.24, 2.45) is 0 Å². The van der Waals surface area contributed by atoms with Gasteiger partial charge in [0.2, 0.25) is 17.2 Å². The summed E-state index contributed by atoms with van der Waals surface area (Å²) in [6.45, 7) is 12.6. The molecule has 2 aromatic carbocycles. The van der Waals surface area contributed by atoms with Crippen LogP contribution >= 0.6 is 0 Å². The average molecular weight is 970 g/mol. The van der Waals surface area contributed by atoms with E-state index in [0.29, 0.717) is 54.6 Å². The Hall–Kier alpha value is -6.24. The molecule has 3 heterocycles. The fraction of sp³-hybridized carbons (Fsp3) is 0.471. The Morgan fingerprint density at radius 1 is 0.884 bits per heavy atom. The highest BCUT2D eigenvalue weighted by atomic mass is 32.2. The van der Waals surface area contributed by atoms with Crippen molar-refractivity contribution in [3.05, 3.63) is 83.7 Å². The predicted octanol–water partition coefficient (Wildman–Crippen LogP) is 4.81. The fourth-order valence-electron chi connectivity index (χ4n) is 9.12. The van der Waals surface area contributed by atoms with Crippen LogP contribution in [-0.4, -0.2) is 135 Å². The van der Waals surface area contributed by atoms with Crippen LogP contribution in [0.2, 0.25) is 0 Å². The van der Waals surface area contributed by atoms with Gasteiger partial charge in [-0.15, -0.1) is 0 Å². The first-order valence-electron chi connectivity index (χ1n) is 24.1. The lowest BCUT2D eigenvalue weighted by Crippen LogP contribution is -2.52. The topological polar surface area (TPSA) is 216 Å². The number of fused-ring (bicyclic) bond motifs is 2. The van der Waals surface area contributed by atoms with Crippen LogP contribution in [0.5, 0.6) is 0 Å². The van der Waals surface area contributed by atoms with Gasteiger partial charge in [-0.2, -0.15) is 8.42 Å². The van der Waals surface area contributed by atoms with Gasteiger partial charge in [0, 0.05) is 91.1 Å². The molecule has 4 aliphatic rings. The van der Waals surface area contributed by atoms with Gasteiger partial charge >= 0.3 is 0 Å². The Bertz CT molecular complexity index is 2690. The second-order valence-corrected chi connectivity index (χ2v) is 18.7. The lowest BCUT2D eigenvalue weighted by molar-refractivity contribution is -0.137. The number of hydrogen-bond acceptors (Lipinski definition) is 11. The number of ether oxygens (including phenoxy) is 1. The molecule has 1 fully saturated rings. The summed E-state index contributed by atoms with van der Waals surface area (Å²) in [7, 11) is -4.69. The highest BCUT2D eigenvalue weighted by Crippen LogP contribution is 2.42. The quantitative estimate of drug-likeness (QED) is 0.0268. The van der Waals surface area contributed by atoms with Crippen LogP contribution < -0.4 is 25.5 Å². The molecule has 0 spiro atoms. The van der Waals surface area contributed by atoms with Crippen molar-refractivity contribution in [3.63, 3.8) is 0 Å². The van der Waals surface area contributed by atoms with Gasteiger partial charge in [0.15, 0.2) is 5.78 Å². The van der Waals surface area contributed by atoms with Crippen LogP contribution in [0.15, 0.2) is 77.2 Å². The number of likely N-dealkylation sites (tertiary alicyclic amines) is 1. The van der Waals surface area contributed by atoms with Crippen molar-refractivity contribution < 1.29 is 50.9 Å².